The first-order valence-electron chi connectivity index (χ1n) is 8.19. The molecule has 0 amide bonds. The maximum Gasteiger partial charge on any atom is 0.158 e. The first-order valence-corrected chi connectivity index (χ1v) is 8.19. The van der Waals surface area contributed by atoms with E-state index in [2.05, 4.69) is 47.5 Å². The fourth-order valence-electron chi connectivity index (χ4n) is 2.63. The molecule has 0 aromatic heterocycles. The lowest BCUT2D eigenvalue weighted by Gasteiger charge is -2.20. The molecule has 120 valence electrons. The van der Waals surface area contributed by atoms with Crippen LogP contribution in [0.3, 0.4) is 0 Å². The molecule has 0 spiro atoms. The first-order chi connectivity index (χ1) is 12.4. The van der Waals surface area contributed by atoms with Crippen molar-refractivity contribution in [2.75, 3.05) is 0 Å². The lowest BCUT2D eigenvalue weighted by Crippen LogP contribution is -2.31. The van der Waals surface area contributed by atoms with Gasteiger partial charge in [-0.25, -0.2) is 0 Å². The van der Waals surface area contributed by atoms with Crippen LogP contribution in [-0.2, 0) is 0 Å². The summed E-state index contributed by atoms with van der Waals surface area (Å²) in [5, 5.41) is 12.9. The second-order valence-corrected chi connectivity index (χ2v) is 5.62. The Morgan fingerprint density at radius 1 is 0.680 bits per heavy atom. The number of nitriles is 1. The second kappa shape index (κ2) is 8.50. The summed E-state index contributed by atoms with van der Waals surface area (Å²) in [6, 6.07) is 31.5. The minimum absolute atomic E-state index is 0.0860. The molecule has 0 heterocycles. The molecule has 2 nitrogen and oxygen atoms in total. The Hall–Kier alpha value is -3.33. The summed E-state index contributed by atoms with van der Waals surface area (Å²) in [6.07, 6.45) is 0. The zero-order valence-corrected chi connectivity index (χ0v) is 13.8. The van der Waals surface area contributed by atoms with E-state index in [0.29, 0.717) is 0 Å². The SMILES string of the molecule is N#C[C@H](C#Cc1ccccc1)NC(c1ccccc1)c1ccccc1. The fourth-order valence-corrected chi connectivity index (χ4v) is 2.63. The Kier molecular flexibility index (Phi) is 5.62. The summed E-state index contributed by atoms with van der Waals surface area (Å²) >= 11 is 0. The monoisotopic (exact) mass is 322 g/mol. The molecule has 0 fully saturated rings. The zero-order chi connectivity index (χ0) is 17.3. The molecule has 3 aromatic rings. The largest absolute Gasteiger partial charge is 0.281 e. The number of hydrogen-bond acceptors (Lipinski definition) is 2. The van der Waals surface area contributed by atoms with Crippen molar-refractivity contribution in [1.29, 1.82) is 5.26 Å². The maximum absolute atomic E-state index is 9.53. The lowest BCUT2D eigenvalue weighted by atomic mass is 9.98. The third-order valence-electron chi connectivity index (χ3n) is 3.86. The summed E-state index contributed by atoms with van der Waals surface area (Å²) in [6.45, 7) is 0. The van der Waals surface area contributed by atoms with E-state index >= 15 is 0 Å². The molecule has 0 aliphatic heterocycles. The zero-order valence-electron chi connectivity index (χ0n) is 13.8. The molecule has 1 atom stereocenters. The van der Waals surface area contributed by atoms with Gasteiger partial charge in [0.2, 0.25) is 0 Å². The minimum Gasteiger partial charge on any atom is -0.281 e. The Balaban J connectivity index is 1.87. The standard InChI is InChI=1S/C23H18N2/c24-18-22(17-16-19-10-4-1-5-11-19)25-23(20-12-6-2-7-13-20)21-14-8-3-9-15-21/h1-15,22-23,25H/t22-/m0/s1. The van der Waals surface area contributed by atoms with E-state index < -0.39 is 6.04 Å². The van der Waals surface area contributed by atoms with Gasteiger partial charge in [-0.1, -0.05) is 90.7 Å². The molecule has 0 bridgehead atoms. The average Bonchev–Trinajstić information content (AvgIpc) is 2.70. The molecule has 0 aliphatic carbocycles. The van der Waals surface area contributed by atoms with Crippen LogP contribution in [0.2, 0.25) is 0 Å². The Labute approximate surface area is 148 Å². The van der Waals surface area contributed by atoms with Crippen molar-refractivity contribution in [1.82, 2.24) is 5.32 Å². The van der Waals surface area contributed by atoms with Crippen LogP contribution in [0.25, 0.3) is 0 Å². The minimum atomic E-state index is -0.564. The van der Waals surface area contributed by atoms with Crippen molar-refractivity contribution in [3.8, 4) is 17.9 Å². The highest BCUT2D eigenvalue weighted by molar-refractivity contribution is 5.38. The average molecular weight is 322 g/mol. The molecule has 2 heteroatoms. The third kappa shape index (κ3) is 4.58. The lowest BCUT2D eigenvalue weighted by molar-refractivity contribution is 0.608. The van der Waals surface area contributed by atoms with Crippen LogP contribution < -0.4 is 5.32 Å². The topological polar surface area (TPSA) is 35.8 Å². The van der Waals surface area contributed by atoms with Gasteiger partial charge in [-0.3, -0.25) is 5.32 Å². The van der Waals surface area contributed by atoms with Gasteiger partial charge in [0.25, 0.3) is 0 Å². The number of rotatable bonds is 4. The van der Waals surface area contributed by atoms with Crippen molar-refractivity contribution < 1.29 is 0 Å². The Bertz CT molecular complexity index is 845. The maximum atomic E-state index is 9.53. The summed E-state index contributed by atoms with van der Waals surface area (Å²) < 4.78 is 0. The Morgan fingerprint density at radius 3 is 1.64 bits per heavy atom. The predicted molar refractivity (Wildman–Crippen MR) is 101 cm³/mol. The van der Waals surface area contributed by atoms with E-state index in [1.165, 1.54) is 0 Å². The smallest absolute Gasteiger partial charge is 0.158 e. The first kappa shape index (κ1) is 16.5. The molecular weight excluding hydrogens is 304 g/mol. The van der Waals surface area contributed by atoms with E-state index in [-0.39, 0.29) is 6.04 Å². The Morgan fingerprint density at radius 2 is 1.16 bits per heavy atom. The molecule has 0 radical (unpaired) electrons. The van der Waals surface area contributed by atoms with E-state index in [0.717, 1.165) is 16.7 Å². The number of hydrogen-bond donors (Lipinski definition) is 1. The normalized spacial score (nSPS) is 11.2. The number of nitrogens with one attached hydrogen (secondary N) is 1. The highest BCUT2D eigenvalue weighted by Gasteiger charge is 2.17. The summed E-state index contributed by atoms with van der Waals surface area (Å²) in [5.41, 5.74) is 3.12. The van der Waals surface area contributed by atoms with Gasteiger partial charge in [0.05, 0.1) is 12.1 Å². The van der Waals surface area contributed by atoms with Crippen molar-refractivity contribution in [3.05, 3.63) is 108 Å². The van der Waals surface area contributed by atoms with Crippen molar-refractivity contribution in [3.63, 3.8) is 0 Å². The van der Waals surface area contributed by atoms with Crippen LogP contribution in [-0.4, -0.2) is 6.04 Å². The van der Waals surface area contributed by atoms with Crippen LogP contribution in [0.4, 0.5) is 0 Å². The molecule has 0 saturated heterocycles. The van der Waals surface area contributed by atoms with Gasteiger partial charge < -0.3 is 0 Å². The van der Waals surface area contributed by atoms with Gasteiger partial charge in [-0.15, -0.1) is 0 Å². The quantitative estimate of drug-likeness (QED) is 0.727. The third-order valence-corrected chi connectivity index (χ3v) is 3.86. The van der Waals surface area contributed by atoms with Crippen molar-refractivity contribution in [2.45, 2.75) is 12.1 Å². The van der Waals surface area contributed by atoms with Crippen LogP contribution in [0, 0.1) is 23.2 Å². The van der Waals surface area contributed by atoms with Crippen LogP contribution in [0.5, 0.6) is 0 Å². The van der Waals surface area contributed by atoms with Gasteiger partial charge in [-0.05, 0) is 23.3 Å². The van der Waals surface area contributed by atoms with Gasteiger partial charge in [-0.2, -0.15) is 5.26 Å². The summed E-state index contributed by atoms with van der Waals surface area (Å²) in [4.78, 5) is 0. The molecule has 25 heavy (non-hydrogen) atoms. The highest BCUT2D eigenvalue weighted by atomic mass is 14.9. The number of benzene rings is 3. The van der Waals surface area contributed by atoms with Crippen molar-refractivity contribution in [2.24, 2.45) is 0 Å². The van der Waals surface area contributed by atoms with Gasteiger partial charge in [0.1, 0.15) is 0 Å². The molecule has 1 N–H and O–H groups in total. The van der Waals surface area contributed by atoms with Gasteiger partial charge >= 0.3 is 0 Å². The summed E-state index contributed by atoms with van der Waals surface area (Å²) in [5.74, 6) is 6.10. The van der Waals surface area contributed by atoms with E-state index in [9.17, 15) is 5.26 Å². The molecule has 0 unspecified atom stereocenters. The highest BCUT2D eigenvalue weighted by Crippen LogP contribution is 2.22. The fraction of sp³-hybridized carbons (Fsp3) is 0.0870. The van der Waals surface area contributed by atoms with Gasteiger partial charge in [0.15, 0.2) is 6.04 Å². The van der Waals surface area contributed by atoms with Crippen molar-refractivity contribution >= 4 is 0 Å². The molecular formula is C23H18N2. The van der Waals surface area contributed by atoms with E-state index in [1.807, 2.05) is 66.7 Å². The molecule has 0 aliphatic rings. The second-order valence-electron chi connectivity index (χ2n) is 5.62. The van der Waals surface area contributed by atoms with Crippen LogP contribution >= 0.6 is 0 Å². The van der Waals surface area contributed by atoms with Crippen LogP contribution in [0.15, 0.2) is 91.0 Å². The molecule has 3 rings (SSSR count). The van der Waals surface area contributed by atoms with E-state index in [4.69, 9.17) is 0 Å². The molecule has 0 saturated carbocycles. The van der Waals surface area contributed by atoms with Gasteiger partial charge in [0, 0.05) is 5.56 Å². The molecule has 3 aromatic carbocycles. The number of nitrogens with zero attached hydrogens (tertiary/aromatic N) is 1. The van der Waals surface area contributed by atoms with Crippen LogP contribution in [0.1, 0.15) is 22.7 Å². The predicted octanol–water partition coefficient (Wildman–Crippen LogP) is 4.31. The summed E-state index contributed by atoms with van der Waals surface area (Å²) in [7, 11) is 0. The van der Waals surface area contributed by atoms with E-state index in [1.54, 1.807) is 0 Å².